The highest BCUT2D eigenvalue weighted by Gasteiger charge is 2.03. The summed E-state index contributed by atoms with van der Waals surface area (Å²) in [4.78, 5) is 0. The van der Waals surface area contributed by atoms with Gasteiger partial charge in [-0.15, -0.1) is 6.58 Å². The molecular formula is C9H11NS. The third-order valence-corrected chi connectivity index (χ3v) is 2.03. The van der Waals surface area contributed by atoms with Crippen molar-refractivity contribution in [3.8, 4) is 0 Å². The second-order valence-electron chi connectivity index (χ2n) is 2.31. The summed E-state index contributed by atoms with van der Waals surface area (Å²) in [7, 11) is 0. The van der Waals surface area contributed by atoms with Crippen LogP contribution >= 0.6 is 12.6 Å². The molecule has 0 amide bonds. The minimum Gasteiger partial charge on any atom is -0.398 e. The lowest BCUT2D eigenvalue weighted by molar-refractivity contribution is 1.25. The van der Waals surface area contributed by atoms with Gasteiger partial charge in [0.15, 0.2) is 0 Å². The molecule has 11 heavy (non-hydrogen) atoms. The topological polar surface area (TPSA) is 26.0 Å². The zero-order valence-corrected chi connectivity index (χ0v) is 7.09. The Morgan fingerprint density at radius 2 is 2.09 bits per heavy atom. The molecule has 0 saturated carbocycles. The van der Waals surface area contributed by atoms with E-state index < -0.39 is 0 Å². The van der Waals surface area contributed by atoms with Crippen LogP contribution in [0.25, 0.3) is 0 Å². The Morgan fingerprint density at radius 3 is 2.64 bits per heavy atom. The molecule has 0 fully saturated rings. The fraction of sp³-hybridized carbons (Fsp3) is 0.111. The van der Waals surface area contributed by atoms with E-state index in [1.54, 1.807) is 6.08 Å². The first kappa shape index (κ1) is 8.21. The van der Waals surface area contributed by atoms with Gasteiger partial charge in [-0.3, -0.25) is 0 Å². The van der Waals surface area contributed by atoms with Crippen LogP contribution in [-0.2, 0) is 0 Å². The van der Waals surface area contributed by atoms with Crippen molar-refractivity contribution in [1.29, 1.82) is 0 Å². The smallest absolute Gasteiger partial charge is 0.0464 e. The lowest BCUT2D eigenvalue weighted by Gasteiger charge is -2.07. The predicted octanol–water partition coefficient (Wildman–Crippen LogP) is 2.43. The summed E-state index contributed by atoms with van der Waals surface area (Å²) in [5.74, 6) is 0. The fourth-order valence-corrected chi connectivity index (χ4v) is 1.14. The van der Waals surface area contributed by atoms with E-state index in [0.29, 0.717) is 0 Å². The van der Waals surface area contributed by atoms with Crippen LogP contribution in [0.5, 0.6) is 0 Å². The number of nitrogens with two attached hydrogens (primary N) is 1. The minimum absolute atomic E-state index is 0.0381. The number of para-hydroxylation sites is 1. The quantitative estimate of drug-likeness (QED) is 0.393. The van der Waals surface area contributed by atoms with E-state index in [0.717, 1.165) is 11.3 Å². The number of nitrogen functional groups attached to an aromatic ring is 1. The standard InChI is InChI=1S/C9H11NS/c1-2-9(11)7-5-3-4-6-8(7)10/h2-6,9,11H,1,10H2. The molecule has 0 aliphatic rings. The third kappa shape index (κ3) is 1.77. The van der Waals surface area contributed by atoms with Crippen LogP contribution in [0.2, 0.25) is 0 Å². The minimum atomic E-state index is 0.0381. The Hall–Kier alpha value is -0.890. The molecule has 0 aromatic heterocycles. The Bertz CT molecular complexity index is 257. The van der Waals surface area contributed by atoms with Gasteiger partial charge in [0.1, 0.15) is 0 Å². The van der Waals surface area contributed by atoms with E-state index >= 15 is 0 Å². The highest BCUT2D eigenvalue weighted by Crippen LogP contribution is 2.25. The first-order valence-corrected chi connectivity index (χ1v) is 3.92. The summed E-state index contributed by atoms with van der Waals surface area (Å²) in [6.07, 6.45) is 1.76. The van der Waals surface area contributed by atoms with E-state index in [1.165, 1.54) is 0 Å². The van der Waals surface area contributed by atoms with Crippen molar-refractivity contribution in [2.24, 2.45) is 0 Å². The van der Waals surface area contributed by atoms with Gasteiger partial charge < -0.3 is 5.73 Å². The van der Waals surface area contributed by atoms with Crippen LogP contribution in [0.15, 0.2) is 36.9 Å². The summed E-state index contributed by atoms with van der Waals surface area (Å²) in [6, 6.07) is 7.66. The van der Waals surface area contributed by atoms with Crippen molar-refractivity contribution in [2.75, 3.05) is 5.73 Å². The second-order valence-corrected chi connectivity index (χ2v) is 2.87. The van der Waals surface area contributed by atoms with Crippen LogP contribution in [0.4, 0.5) is 5.69 Å². The summed E-state index contributed by atoms with van der Waals surface area (Å²) in [5.41, 5.74) is 7.49. The van der Waals surface area contributed by atoms with Gasteiger partial charge in [-0.25, -0.2) is 0 Å². The third-order valence-electron chi connectivity index (χ3n) is 1.54. The molecule has 0 saturated heterocycles. The van der Waals surface area contributed by atoms with Gasteiger partial charge in [-0.1, -0.05) is 24.3 Å². The van der Waals surface area contributed by atoms with Gasteiger partial charge in [0.2, 0.25) is 0 Å². The monoisotopic (exact) mass is 165 g/mol. The first-order valence-electron chi connectivity index (χ1n) is 3.40. The molecule has 1 rings (SSSR count). The molecule has 2 N–H and O–H groups in total. The number of rotatable bonds is 2. The van der Waals surface area contributed by atoms with Crippen molar-refractivity contribution in [3.63, 3.8) is 0 Å². The summed E-state index contributed by atoms with van der Waals surface area (Å²) in [5, 5.41) is 0.0381. The molecule has 1 unspecified atom stereocenters. The molecule has 1 aromatic rings. The zero-order valence-electron chi connectivity index (χ0n) is 6.20. The maximum atomic E-state index is 5.70. The fourth-order valence-electron chi connectivity index (χ4n) is 0.907. The van der Waals surface area contributed by atoms with E-state index in [-0.39, 0.29) is 5.25 Å². The molecule has 1 nitrogen and oxygen atoms in total. The zero-order chi connectivity index (χ0) is 8.27. The molecule has 1 atom stereocenters. The molecular weight excluding hydrogens is 154 g/mol. The summed E-state index contributed by atoms with van der Waals surface area (Å²) in [6.45, 7) is 3.65. The lowest BCUT2D eigenvalue weighted by Crippen LogP contribution is -1.93. The highest BCUT2D eigenvalue weighted by molar-refractivity contribution is 7.80. The molecule has 0 heterocycles. The first-order chi connectivity index (χ1) is 5.25. The average Bonchev–Trinajstić information content (AvgIpc) is 2.04. The number of anilines is 1. The molecule has 0 aliphatic carbocycles. The van der Waals surface area contributed by atoms with Crippen LogP contribution in [-0.4, -0.2) is 0 Å². The maximum absolute atomic E-state index is 5.70. The van der Waals surface area contributed by atoms with Gasteiger partial charge in [-0.05, 0) is 11.6 Å². The Kier molecular flexibility index (Phi) is 2.60. The normalized spacial score (nSPS) is 12.5. The molecule has 2 heteroatoms. The van der Waals surface area contributed by atoms with Gasteiger partial charge in [-0.2, -0.15) is 12.6 Å². The Labute approximate surface area is 72.3 Å². The number of benzene rings is 1. The van der Waals surface area contributed by atoms with Crippen molar-refractivity contribution in [3.05, 3.63) is 42.5 Å². The van der Waals surface area contributed by atoms with Crippen molar-refractivity contribution in [2.45, 2.75) is 5.25 Å². The van der Waals surface area contributed by atoms with E-state index in [9.17, 15) is 0 Å². The van der Waals surface area contributed by atoms with Crippen molar-refractivity contribution >= 4 is 18.3 Å². The van der Waals surface area contributed by atoms with E-state index in [2.05, 4.69) is 19.2 Å². The SMILES string of the molecule is C=CC(S)c1ccccc1N. The molecule has 0 aliphatic heterocycles. The summed E-state index contributed by atoms with van der Waals surface area (Å²) < 4.78 is 0. The molecule has 58 valence electrons. The second kappa shape index (κ2) is 3.49. The predicted molar refractivity (Wildman–Crippen MR) is 52.8 cm³/mol. The van der Waals surface area contributed by atoms with Crippen molar-refractivity contribution < 1.29 is 0 Å². The van der Waals surface area contributed by atoms with Crippen LogP contribution in [0.1, 0.15) is 10.8 Å². The highest BCUT2D eigenvalue weighted by atomic mass is 32.1. The van der Waals surface area contributed by atoms with E-state index in [4.69, 9.17) is 5.73 Å². The van der Waals surface area contributed by atoms with E-state index in [1.807, 2.05) is 24.3 Å². The number of hydrogen-bond acceptors (Lipinski definition) is 2. The van der Waals surface area contributed by atoms with Gasteiger partial charge in [0, 0.05) is 10.9 Å². The van der Waals surface area contributed by atoms with Crippen LogP contribution < -0.4 is 5.73 Å². The van der Waals surface area contributed by atoms with Gasteiger partial charge >= 0.3 is 0 Å². The summed E-state index contributed by atoms with van der Waals surface area (Å²) >= 11 is 4.29. The Balaban J connectivity index is 3.02. The number of hydrogen-bond donors (Lipinski definition) is 2. The largest absolute Gasteiger partial charge is 0.398 e. The van der Waals surface area contributed by atoms with Gasteiger partial charge in [0.05, 0.1) is 0 Å². The number of thiol groups is 1. The molecule has 0 spiro atoms. The van der Waals surface area contributed by atoms with Crippen LogP contribution in [0, 0.1) is 0 Å². The van der Waals surface area contributed by atoms with Crippen LogP contribution in [0.3, 0.4) is 0 Å². The van der Waals surface area contributed by atoms with Gasteiger partial charge in [0.25, 0.3) is 0 Å². The maximum Gasteiger partial charge on any atom is 0.0464 e. The molecule has 0 radical (unpaired) electrons. The molecule has 0 bridgehead atoms. The lowest BCUT2D eigenvalue weighted by atomic mass is 10.1. The van der Waals surface area contributed by atoms with Crippen molar-refractivity contribution in [1.82, 2.24) is 0 Å². The average molecular weight is 165 g/mol. The Morgan fingerprint density at radius 1 is 1.45 bits per heavy atom. The molecule has 1 aromatic carbocycles.